The number of benzene rings is 1. The average Bonchev–Trinajstić information content (AvgIpc) is 2.56. The van der Waals surface area contributed by atoms with Crippen LogP contribution >= 0.6 is 11.8 Å². The molecular weight excluding hydrogens is 232 g/mol. The van der Waals surface area contributed by atoms with Gasteiger partial charge in [0, 0.05) is 10.1 Å². The zero-order chi connectivity index (χ0) is 12.5. The Labute approximate surface area is 107 Å². The predicted octanol–water partition coefficient (Wildman–Crippen LogP) is 3.10. The third-order valence-electron chi connectivity index (χ3n) is 3.24. The van der Waals surface area contributed by atoms with E-state index in [9.17, 15) is 5.11 Å². The maximum absolute atomic E-state index is 9.63. The Kier molecular flexibility index (Phi) is 3.81. The van der Waals surface area contributed by atoms with Crippen LogP contribution in [0.1, 0.15) is 27.2 Å². The van der Waals surface area contributed by atoms with Crippen LogP contribution in [0.25, 0.3) is 0 Å². The zero-order valence-electron chi connectivity index (χ0n) is 10.6. The molecule has 1 aromatic rings. The lowest BCUT2D eigenvalue weighted by Gasteiger charge is -2.25. The van der Waals surface area contributed by atoms with E-state index in [2.05, 4.69) is 38.1 Å². The molecule has 0 radical (unpaired) electrons. The summed E-state index contributed by atoms with van der Waals surface area (Å²) < 4.78 is 5.92. The van der Waals surface area contributed by atoms with Crippen molar-refractivity contribution in [1.29, 1.82) is 0 Å². The lowest BCUT2D eigenvalue weighted by atomic mass is 10.0. The molecule has 3 atom stereocenters. The first-order chi connectivity index (χ1) is 7.99. The summed E-state index contributed by atoms with van der Waals surface area (Å²) in [6.07, 6.45) is 0.478. The number of aliphatic hydroxyl groups is 1. The van der Waals surface area contributed by atoms with Crippen LogP contribution < -0.4 is 0 Å². The molecule has 2 nitrogen and oxygen atoms in total. The van der Waals surface area contributed by atoms with Crippen molar-refractivity contribution in [3.05, 3.63) is 30.3 Å². The Morgan fingerprint density at radius 1 is 1.35 bits per heavy atom. The second-order valence-electron chi connectivity index (χ2n) is 5.16. The van der Waals surface area contributed by atoms with Crippen LogP contribution in [-0.2, 0) is 4.74 Å². The Balaban J connectivity index is 2.06. The van der Waals surface area contributed by atoms with Crippen LogP contribution in [0.5, 0.6) is 0 Å². The number of hydrogen-bond acceptors (Lipinski definition) is 3. The second kappa shape index (κ2) is 5.01. The smallest absolute Gasteiger partial charge is 0.0850 e. The van der Waals surface area contributed by atoms with E-state index < -0.39 is 6.10 Å². The summed E-state index contributed by atoms with van der Waals surface area (Å²) in [7, 11) is 0. The normalized spacial score (nSPS) is 29.2. The molecule has 0 spiro atoms. The SMILES string of the molecule is C[C@H](O)[C@@H]1C[C@@H](Sc2ccccc2)C(C)(C)O1. The largest absolute Gasteiger partial charge is 0.391 e. The van der Waals surface area contributed by atoms with Gasteiger partial charge in [-0.05, 0) is 39.3 Å². The van der Waals surface area contributed by atoms with Gasteiger partial charge in [0.1, 0.15) is 0 Å². The summed E-state index contributed by atoms with van der Waals surface area (Å²) in [6, 6.07) is 10.4. The summed E-state index contributed by atoms with van der Waals surface area (Å²) >= 11 is 1.84. The lowest BCUT2D eigenvalue weighted by Crippen LogP contribution is -2.31. The van der Waals surface area contributed by atoms with Crippen molar-refractivity contribution < 1.29 is 9.84 Å². The Morgan fingerprint density at radius 3 is 2.53 bits per heavy atom. The fourth-order valence-electron chi connectivity index (χ4n) is 2.16. The topological polar surface area (TPSA) is 29.5 Å². The molecule has 0 bridgehead atoms. The highest BCUT2D eigenvalue weighted by atomic mass is 32.2. The van der Waals surface area contributed by atoms with E-state index in [1.807, 2.05) is 17.8 Å². The quantitative estimate of drug-likeness (QED) is 0.896. The van der Waals surface area contributed by atoms with Crippen LogP contribution in [0.2, 0.25) is 0 Å². The summed E-state index contributed by atoms with van der Waals surface area (Å²) in [4.78, 5) is 1.26. The summed E-state index contributed by atoms with van der Waals surface area (Å²) in [5, 5.41) is 10.0. The fourth-order valence-corrected chi connectivity index (χ4v) is 3.43. The van der Waals surface area contributed by atoms with Gasteiger partial charge in [0.2, 0.25) is 0 Å². The highest BCUT2D eigenvalue weighted by molar-refractivity contribution is 8.00. The number of ether oxygens (including phenoxy) is 1. The summed E-state index contributed by atoms with van der Waals surface area (Å²) in [5.41, 5.74) is -0.178. The van der Waals surface area contributed by atoms with Crippen molar-refractivity contribution in [1.82, 2.24) is 0 Å². The molecule has 3 heteroatoms. The predicted molar refractivity (Wildman–Crippen MR) is 71.3 cm³/mol. The van der Waals surface area contributed by atoms with Gasteiger partial charge in [-0.1, -0.05) is 18.2 Å². The van der Waals surface area contributed by atoms with Gasteiger partial charge in [0.15, 0.2) is 0 Å². The molecule has 1 saturated heterocycles. The van der Waals surface area contributed by atoms with E-state index >= 15 is 0 Å². The van der Waals surface area contributed by atoms with Gasteiger partial charge >= 0.3 is 0 Å². The molecule has 0 aliphatic carbocycles. The van der Waals surface area contributed by atoms with Gasteiger partial charge in [0.05, 0.1) is 17.8 Å². The minimum atomic E-state index is -0.393. The second-order valence-corrected chi connectivity index (χ2v) is 6.43. The molecule has 0 unspecified atom stereocenters. The van der Waals surface area contributed by atoms with Gasteiger partial charge in [0.25, 0.3) is 0 Å². The summed E-state index contributed by atoms with van der Waals surface area (Å²) in [6.45, 7) is 6.02. The van der Waals surface area contributed by atoms with Crippen molar-refractivity contribution in [2.45, 2.75) is 55.1 Å². The highest BCUT2D eigenvalue weighted by Gasteiger charge is 2.43. The minimum Gasteiger partial charge on any atom is -0.391 e. The number of hydrogen-bond donors (Lipinski definition) is 1. The molecule has 0 aromatic heterocycles. The van der Waals surface area contributed by atoms with Crippen LogP contribution in [-0.4, -0.2) is 28.2 Å². The first kappa shape index (κ1) is 12.9. The van der Waals surface area contributed by atoms with Crippen molar-refractivity contribution in [3.63, 3.8) is 0 Å². The molecule has 1 aromatic carbocycles. The van der Waals surface area contributed by atoms with Gasteiger partial charge in [-0.15, -0.1) is 11.8 Å². The standard InChI is InChI=1S/C14H20O2S/c1-10(15)12-9-13(14(2,3)16-12)17-11-7-5-4-6-8-11/h4-8,10,12-13,15H,9H2,1-3H3/t10-,12-,13+/m0/s1. The van der Waals surface area contributed by atoms with E-state index in [0.29, 0.717) is 5.25 Å². The van der Waals surface area contributed by atoms with Gasteiger partial charge in [-0.3, -0.25) is 0 Å². The molecule has 1 aliphatic rings. The van der Waals surface area contributed by atoms with E-state index in [4.69, 9.17) is 4.74 Å². The minimum absolute atomic E-state index is 0.0359. The lowest BCUT2D eigenvalue weighted by molar-refractivity contribution is -0.0640. The Bertz CT molecular complexity index is 362. The zero-order valence-corrected chi connectivity index (χ0v) is 11.4. The van der Waals surface area contributed by atoms with E-state index in [-0.39, 0.29) is 11.7 Å². The molecule has 1 fully saturated rings. The van der Waals surface area contributed by atoms with Crippen molar-refractivity contribution in [2.75, 3.05) is 0 Å². The van der Waals surface area contributed by atoms with E-state index in [1.165, 1.54) is 4.90 Å². The number of thioether (sulfide) groups is 1. The average molecular weight is 252 g/mol. The maximum atomic E-state index is 9.63. The number of rotatable bonds is 3. The summed E-state index contributed by atoms with van der Waals surface area (Å²) in [5.74, 6) is 0. The van der Waals surface area contributed by atoms with E-state index in [1.54, 1.807) is 6.92 Å². The van der Waals surface area contributed by atoms with E-state index in [0.717, 1.165) is 6.42 Å². The Hall–Kier alpha value is -0.510. The molecular formula is C14H20O2S. The highest BCUT2D eigenvalue weighted by Crippen LogP contribution is 2.42. The third kappa shape index (κ3) is 3.03. The van der Waals surface area contributed by atoms with Crippen LogP contribution in [0.4, 0.5) is 0 Å². The fraction of sp³-hybridized carbons (Fsp3) is 0.571. The van der Waals surface area contributed by atoms with Crippen LogP contribution in [0.3, 0.4) is 0 Å². The van der Waals surface area contributed by atoms with Gasteiger partial charge < -0.3 is 9.84 Å². The molecule has 1 aliphatic heterocycles. The van der Waals surface area contributed by atoms with Gasteiger partial charge in [-0.25, -0.2) is 0 Å². The van der Waals surface area contributed by atoms with Crippen molar-refractivity contribution >= 4 is 11.8 Å². The molecule has 94 valence electrons. The molecule has 17 heavy (non-hydrogen) atoms. The van der Waals surface area contributed by atoms with Crippen molar-refractivity contribution in [2.24, 2.45) is 0 Å². The number of aliphatic hydroxyl groups excluding tert-OH is 1. The molecule has 0 saturated carbocycles. The molecule has 0 amide bonds. The first-order valence-corrected chi connectivity index (χ1v) is 6.94. The third-order valence-corrected chi connectivity index (χ3v) is 4.83. The first-order valence-electron chi connectivity index (χ1n) is 6.06. The van der Waals surface area contributed by atoms with Gasteiger partial charge in [-0.2, -0.15) is 0 Å². The Morgan fingerprint density at radius 2 is 2.00 bits per heavy atom. The maximum Gasteiger partial charge on any atom is 0.0850 e. The molecule has 1 heterocycles. The monoisotopic (exact) mass is 252 g/mol. The van der Waals surface area contributed by atoms with Crippen molar-refractivity contribution in [3.8, 4) is 0 Å². The molecule has 1 N–H and O–H groups in total. The van der Waals surface area contributed by atoms with Crippen LogP contribution in [0.15, 0.2) is 35.2 Å². The van der Waals surface area contributed by atoms with Crippen LogP contribution in [0, 0.1) is 0 Å². The molecule has 2 rings (SSSR count).